The Kier molecular flexibility index (Phi) is 3.06. The van der Waals surface area contributed by atoms with Crippen LogP contribution in [0.3, 0.4) is 0 Å². The van der Waals surface area contributed by atoms with E-state index in [1.165, 1.54) is 12.8 Å². The van der Waals surface area contributed by atoms with Crippen LogP contribution in [0.2, 0.25) is 0 Å². The molecule has 98 valence electrons. The molecule has 7 nitrogen and oxygen atoms in total. The predicted octanol–water partition coefficient (Wildman–Crippen LogP) is 1.51. The van der Waals surface area contributed by atoms with E-state index in [0.29, 0.717) is 17.4 Å². The molecule has 0 radical (unpaired) electrons. The average molecular weight is 251 g/mol. The third kappa shape index (κ3) is 2.20. The van der Waals surface area contributed by atoms with Gasteiger partial charge in [0.2, 0.25) is 11.8 Å². The summed E-state index contributed by atoms with van der Waals surface area (Å²) in [5, 5.41) is 11.1. The first kappa shape index (κ1) is 12.5. The van der Waals surface area contributed by atoms with E-state index in [9.17, 15) is 10.1 Å². The Hall–Kier alpha value is -1.92. The molecule has 0 bridgehead atoms. The number of anilines is 2. The van der Waals surface area contributed by atoms with E-state index in [1.54, 1.807) is 6.92 Å². The van der Waals surface area contributed by atoms with Gasteiger partial charge in [0.15, 0.2) is 0 Å². The van der Waals surface area contributed by atoms with Crippen molar-refractivity contribution in [2.75, 3.05) is 17.7 Å². The number of nitrogen functional groups attached to an aromatic ring is 1. The highest BCUT2D eigenvalue weighted by Crippen LogP contribution is 2.38. The molecule has 7 heteroatoms. The van der Waals surface area contributed by atoms with E-state index < -0.39 is 4.92 Å². The number of nitro groups is 1. The summed E-state index contributed by atoms with van der Waals surface area (Å²) in [4.78, 5) is 20.4. The van der Waals surface area contributed by atoms with Crippen LogP contribution < -0.4 is 10.6 Å². The highest BCUT2D eigenvalue weighted by Gasteiger charge is 2.34. The number of aromatic nitrogens is 2. The second kappa shape index (κ2) is 4.40. The maximum Gasteiger partial charge on any atom is 0.332 e. The summed E-state index contributed by atoms with van der Waals surface area (Å²) in [5.74, 6) is 0.971. The molecule has 1 aliphatic carbocycles. The van der Waals surface area contributed by atoms with Gasteiger partial charge < -0.3 is 10.6 Å². The lowest BCUT2D eigenvalue weighted by molar-refractivity contribution is -0.385. The Morgan fingerprint density at radius 1 is 1.50 bits per heavy atom. The van der Waals surface area contributed by atoms with Crippen LogP contribution >= 0.6 is 0 Å². The zero-order valence-electron chi connectivity index (χ0n) is 10.8. The Morgan fingerprint density at radius 2 is 2.11 bits per heavy atom. The largest absolute Gasteiger partial charge is 0.368 e. The van der Waals surface area contributed by atoms with Gasteiger partial charge in [-0.25, -0.2) is 4.98 Å². The smallest absolute Gasteiger partial charge is 0.332 e. The summed E-state index contributed by atoms with van der Waals surface area (Å²) in [7, 11) is 1.82. The number of rotatable bonds is 4. The van der Waals surface area contributed by atoms with Crippen LogP contribution in [0, 0.1) is 23.0 Å². The standard InChI is InChI=1S/C11H17N5O2/c1-6-9(16(17)18)10(14-11(12)13-6)15(3)7(2)8-4-5-8/h7-8H,4-5H2,1-3H3,(H2,12,13,14). The molecule has 1 fully saturated rings. The second-order valence-electron chi connectivity index (χ2n) is 4.79. The van der Waals surface area contributed by atoms with Crippen molar-refractivity contribution < 1.29 is 4.92 Å². The van der Waals surface area contributed by atoms with Crippen LogP contribution in [0.15, 0.2) is 0 Å². The minimum atomic E-state index is -0.444. The number of aryl methyl sites for hydroxylation is 1. The summed E-state index contributed by atoms with van der Waals surface area (Å²) in [6.07, 6.45) is 2.33. The van der Waals surface area contributed by atoms with Gasteiger partial charge in [-0.1, -0.05) is 0 Å². The van der Waals surface area contributed by atoms with Gasteiger partial charge in [0.25, 0.3) is 0 Å². The number of nitrogens with zero attached hydrogens (tertiary/aromatic N) is 4. The van der Waals surface area contributed by atoms with Crippen LogP contribution in [0.25, 0.3) is 0 Å². The van der Waals surface area contributed by atoms with Gasteiger partial charge >= 0.3 is 5.69 Å². The van der Waals surface area contributed by atoms with E-state index in [-0.39, 0.29) is 17.7 Å². The Balaban J connectivity index is 2.44. The molecule has 18 heavy (non-hydrogen) atoms. The summed E-state index contributed by atoms with van der Waals surface area (Å²) >= 11 is 0. The fourth-order valence-corrected chi connectivity index (χ4v) is 2.12. The molecule has 1 aliphatic rings. The van der Waals surface area contributed by atoms with Crippen LogP contribution in [-0.4, -0.2) is 28.0 Å². The molecular formula is C11H17N5O2. The van der Waals surface area contributed by atoms with Crippen molar-refractivity contribution in [1.82, 2.24) is 9.97 Å². The first-order valence-corrected chi connectivity index (χ1v) is 5.93. The lowest BCUT2D eigenvalue weighted by Crippen LogP contribution is -2.32. The Labute approximate surface area is 105 Å². The molecule has 0 spiro atoms. The van der Waals surface area contributed by atoms with Crippen LogP contribution in [0.4, 0.5) is 17.5 Å². The van der Waals surface area contributed by atoms with Gasteiger partial charge in [-0.05, 0) is 32.6 Å². The third-order valence-electron chi connectivity index (χ3n) is 3.49. The Bertz CT molecular complexity index is 487. The fourth-order valence-electron chi connectivity index (χ4n) is 2.12. The minimum absolute atomic E-state index is 0.0563. The Morgan fingerprint density at radius 3 is 2.61 bits per heavy atom. The number of hydrogen-bond acceptors (Lipinski definition) is 6. The van der Waals surface area contributed by atoms with Gasteiger partial charge in [0.05, 0.1) is 4.92 Å². The number of nitrogens with two attached hydrogens (primary N) is 1. The first-order valence-electron chi connectivity index (χ1n) is 5.93. The molecule has 0 saturated heterocycles. The lowest BCUT2D eigenvalue weighted by Gasteiger charge is -2.25. The summed E-state index contributed by atoms with van der Waals surface area (Å²) in [6, 6.07) is 0.220. The maximum absolute atomic E-state index is 11.1. The molecule has 0 amide bonds. The first-order chi connectivity index (χ1) is 8.41. The molecule has 1 aromatic rings. The highest BCUT2D eigenvalue weighted by atomic mass is 16.6. The second-order valence-corrected chi connectivity index (χ2v) is 4.79. The van der Waals surface area contributed by atoms with Crippen molar-refractivity contribution in [3.8, 4) is 0 Å². The predicted molar refractivity (Wildman–Crippen MR) is 68.4 cm³/mol. The van der Waals surface area contributed by atoms with Gasteiger partial charge in [0.1, 0.15) is 5.69 Å². The fraction of sp³-hybridized carbons (Fsp3) is 0.636. The van der Waals surface area contributed by atoms with Crippen molar-refractivity contribution in [2.45, 2.75) is 32.7 Å². The normalized spacial score (nSPS) is 16.4. The summed E-state index contributed by atoms with van der Waals surface area (Å²) in [6.45, 7) is 3.63. The van der Waals surface area contributed by atoms with Gasteiger partial charge in [-0.15, -0.1) is 0 Å². The van der Waals surface area contributed by atoms with E-state index in [1.807, 2.05) is 11.9 Å². The molecule has 0 aromatic carbocycles. The molecule has 1 heterocycles. The van der Waals surface area contributed by atoms with Crippen molar-refractivity contribution in [3.05, 3.63) is 15.8 Å². The topological polar surface area (TPSA) is 98.2 Å². The molecule has 0 aliphatic heterocycles. The average Bonchev–Trinajstić information content (AvgIpc) is 3.08. The maximum atomic E-state index is 11.1. The minimum Gasteiger partial charge on any atom is -0.368 e. The SMILES string of the molecule is Cc1nc(N)nc(N(C)C(C)C2CC2)c1[N+](=O)[O-]. The molecule has 2 rings (SSSR count). The highest BCUT2D eigenvalue weighted by molar-refractivity contribution is 5.62. The van der Waals surface area contributed by atoms with E-state index in [0.717, 1.165) is 0 Å². The zero-order valence-corrected chi connectivity index (χ0v) is 10.8. The van der Waals surface area contributed by atoms with E-state index >= 15 is 0 Å². The zero-order chi connectivity index (χ0) is 13.4. The molecule has 1 saturated carbocycles. The molecule has 2 N–H and O–H groups in total. The van der Waals surface area contributed by atoms with Gasteiger partial charge in [-0.2, -0.15) is 4.98 Å². The third-order valence-corrected chi connectivity index (χ3v) is 3.49. The molecule has 1 atom stereocenters. The van der Waals surface area contributed by atoms with Crippen molar-refractivity contribution in [3.63, 3.8) is 0 Å². The van der Waals surface area contributed by atoms with Crippen molar-refractivity contribution in [2.24, 2.45) is 5.92 Å². The van der Waals surface area contributed by atoms with Crippen LogP contribution in [0.1, 0.15) is 25.5 Å². The van der Waals surface area contributed by atoms with Crippen molar-refractivity contribution in [1.29, 1.82) is 0 Å². The van der Waals surface area contributed by atoms with Crippen molar-refractivity contribution >= 4 is 17.5 Å². The van der Waals surface area contributed by atoms with E-state index in [4.69, 9.17) is 5.73 Å². The summed E-state index contributed by atoms with van der Waals surface area (Å²) < 4.78 is 0. The summed E-state index contributed by atoms with van der Waals surface area (Å²) in [5.41, 5.74) is 5.83. The van der Waals surface area contributed by atoms with Gasteiger partial charge in [0, 0.05) is 13.1 Å². The molecule has 1 aromatic heterocycles. The van der Waals surface area contributed by atoms with Gasteiger partial charge in [-0.3, -0.25) is 10.1 Å². The van der Waals surface area contributed by atoms with E-state index in [2.05, 4.69) is 16.9 Å². The number of hydrogen-bond donors (Lipinski definition) is 1. The monoisotopic (exact) mass is 251 g/mol. The quantitative estimate of drug-likeness (QED) is 0.643. The lowest BCUT2D eigenvalue weighted by atomic mass is 10.2. The van der Waals surface area contributed by atoms with Crippen LogP contribution in [0.5, 0.6) is 0 Å². The van der Waals surface area contributed by atoms with Crippen LogP contribution in [-0.2, 0) is 0 Å². The molecular weight excluding hydrogens is 234 g/mol. The molecule has 1 unspecified atom stereocenters.